The van der Waals surface area contributed by atoms with E-state index in [2.05, 4.69) is 15.5 Å². The molecule has 1 N–H and O–H groups in total. The van der Waals surface area contributed by atoms with Gasteiger partial charge in [0.05, 0.1) is 18.4 Å². The Balaban J connectivity index is 1.70. The number of rotatable bonds is 7. The van der Waals surface area contributed by atoms with Gasteiger partial charge in [0.25, 0.3) is 5.91 Å². The minimum absolute atomic E-state index is 0.211. The summed E-state index contributed by atoms with van der Waals surface area (Å²) < 4.78 is 23.9. The zero-order valence-electron chi connectivity index (χ0n) is 16.0. The van der Waals surface area contributed by atoms with Crippen molar-refractivity contribution < 1.29 is 23.5 Å². The van der Waals surface area contributed by atoms with E-state index < -0.39 is 11.8 Å². The summed E-state index contributed by atoms with van der Waals surface area (Å²) >= 11 is 0. The third-order valence-electron chi connectivity index (χ3n) is 3.87. The van der Waals surface area contributed by atoms with Crippen molar-refractivity contribution in [3.63, 3.8) is 0 Å². The van der Waals surface area contributed by atoms with Crippen molar-refractivity contribution in [1.82, 2.24) is 10.4 Å². The standard InChI is InChI=1S/C22H18FN3O4/c1-2-29-20-13-15(14-25-26-21(27)16-9-11-24-12-10-16)3-8-19(20)30-22(28)17-4-6-18(23)7-5-17/h3-14H,2H2,1H3,(H,26,27). The number of hydrogen-bond acceptors (Lipinski definition) is 6. The van der Waals surface area contributed by atoms with Crippen LogP contribution in [0.25, 0.3) is 0 Å². The van der Waals surface area contributed by atoms with Crippen LogP contribution < -0.4 is 14.9 Å². The summed E-state index contributed by atoms with van der Waals surface area (Å²) in [6, 6.07) is 13.0. The Hall–Kier alpha value is -4.07. The fourth-order valence-corrected chi connectivity index (χ4v) is 2.44. The van der Waals surface area contributed by atoms with E-state index >= 15 is 0 Å². The molecule has 3 rings (SSSR count). The first-order valence-corrected chi connectivity index (χ1v) is 9.05. The van der Waals surface area contributed by atoms with Crippen molar-refractivity contribution in [2.75, 3.05) is 6.61 Å². The molecule has 1 aromatic heterocycles. The van der Waals surface area contributed by atoms with Crippen LogP contribution in [0, 0.1) is 5.82 Å². The Morgan fingerprint density at radius 2 is 1.77 bits per heavy atom. The summed E-state index contributed by atoms with van der Waals surface area (Å²) in [6.07, 6.45) is 4.46. The Labute approximate surface area is 172 Å². The normalized spacial score (nSPS) is 10.6. The van der Waals surface area contributed by atoms with Gasteiger partial charge in [0.2, 0.25) is 0 Å². The number of nitrogens with zero attached hydrogens (tertiary/aromatic N) is 2. The van der Waals surface area contributed by atoms with Gasteiger partial charge in [-0.2, -0.15) is 5.10 Å². The highest BCUT2D eigenvalue weighted by atomic mass is 19.1. The lowest BCUT2D eigenvalue weighted by Gasteiger charge is -2.11. The van der Waals surface area contributed by atoms with Crippen molar-refractivity contribution in [2.45, 2.75) is 6.92 Å². The molecule has 0 aliphatic rings. The van der Waals surface area contributed by atoms with Crippen molar-refractivity contribution in [3.05, 3.63) is 89.5 Å². The summed E-state index contributed by atoms with van der Waals surface area (Å²) in [6.45, 7) is 2.14. The maximum atomic E-state index is 13.0. The maximum absolute atomic E-state index is 13.0. The topological polar surface area (TPSA) is 89.9 Å². The second-order valence-corrected chi connectivity index (χ2v) is 5.97. The van der Waals surface area contributed by atoms with Crippen molar-refractivity contribution in [2.24, 2.45) is 5.10 Å². The van der Waals surface area contributed by atoms with E-state index in [0.29, 0.717) is 23.5 Å². The lowest BCUT2D eigenvalue weighted by Crippen LogP contribution is -2.17. The molecule has 8 heteroatoms. The molecule has 0 bridgehead atoms. The number of hydrazone groups is 1. The number of esters is 1. The third-order valence-corrected chi connectivity index (χ3v) is 3.87. The largest absolute Gasteiger partial charge is 0.490 e. The average Bonchev–Trinajstić information content (AvgIpc) is 2.76. The molecule has 30 heavy (non-hydrogen) atoms. The monoisotopic (exact) mass is 407 g/mol. The van der Waals surface area contributed by atoms with Crippen LogP contribution in [-0.4, -0.2) is 29.7 Å². The van der Waals surface area contributed by atoms with Crippen LogP contribution >= 0.6 is 0 Å². The van der Waals surface area contributed by atoms with E-state index in [9.17, 15) is 14.0 Å². The molecular formula is C22H18FN3O4. The molecule has 0 saturated heterocycles. The molecule has 0 unspecified atom stereocenters. The van der Waals surface area contributed by atoms with Gasteiger partial charge in [0, 0.05) is 18.0 Å². The summed E-state index contributed by atoms with van der Waals surface area (Å²) in [4.78, 5) is 28.1. The Bertz CT molecular complexity index is 1050. The second-order valence-electron chi connectivity index (χ2n) is 5.97. The first-order chi connectivity index (χ1) is 14.6. The van der Waals surface area contributed by atoms with Gasteiger partial charge < -0.3 is 9.47 Å². The molecular weight excluding hydrogens is 389 g/mol. The average molecular weight is 407 g/mol. The van der Waals surface area contributed by atoms with Crippen molar-refractivity contribution in [1.29, 1.82) is 0 Å². The molecule has 0 radical (unpaired) electrons. The van der Waals surface area contributed by atoms with E-state index in [1.165, 1.54) is 42.9 Å². The van der Waals surface area contributed by atoms with Gasteiger partial charge in [-0.15, -0.1) is 0 Å². The van der Waals surface area contributed by atoms with Crippen LogP contribution in [0.1, 0.15) is 33.2 Å². The molecule has 3 aromatic rings. The number of pyridine rings is 1. The van der Waals surface area contributed by atoms with Crippen molar-refractivity contribution in [3.8, 4) is 11.5 Å². The van der Waals surface area contributed by atoms with Gasteiger partial charge in [0.15, 0.2) is 11.5 Å². The van der Waals surface area contributed by atoms with Crippen molar-refractivity contribution >= 4 is 18.1 Å². The number of ether oxygens (including phenoxy) is 2. The van der Waals surface area contributed by atoms with Crippen LogP contribution in [0.15, 0.2) is 72.1 Å². The fraction of sp³-hybridized carbons (Fsp3) is 0.0909. The third kappa shape index (κ3) is 5.48. The first-order valence-electron chi connectivity index (χ1n) is 9.05. The molecule has 152 valence electrons. The minimum Gasteiger partial charge on any atom is -0.490 e. The highest BCUT2D eigenvalue weighted by Crippen LogP contribution is 2.29. The first kappa shape index (κ1) is 20.7. The number of carbonyl (C=O) groups is 2. The lowest BCUT2D eigenvalue weighted by atomic mass is 10.2. The summed E-state index contributed by atoms with van der Waals surface area (Å²) in [7, 11) is 0. The summed E-state index contributed by atoms with van der Waals surface area (Å²) in [5.41, 5.74) is 3.68. The Morgan fingerprint density at radius 1 is 1.03 bits per heavy atom. The second kappa shape index (κ2) is 9.92. The Morgan fingerprint density at radius 3 is 2.47 bits per heavy atom. The zero-order valence-corrected chi connectivity index (χ0v) is 16.0. The number of hydrogen-bond donors (Lipinski definition) is 1. The summed E-state index contributed by atoms with van der Waals surface area (Å²) in [5, 5.41) is 3.92. The predicted octanol–water partition coefficient (Wildman–Crippen LogP) is 3.60. The molecule has 0 fully saturated rings. The number of nitrogens with one attached hydrogen (secondary N) is 1. The van der Waals surface area contributed by atoms with E-state index in [0.717, 1.165) is 0 Å². The molecule has 0 aliphatic heterocycles. The lowest BCUT2D eigenvalue weighted by molar-refractivity contribution is 0.0728. The highest BCUT2D eigenvalue weighted by Gasteiger charge is 2.13. The predicted molar refractivity (Wildman–Crippen MR) is 108 cm³/mol. The summed E-state index contributed by atoms with van der Waals surface area (Å²) in [5.74, 6) is -0.909. The van der Waals surface area contributed by atoms with Gasteiger partial charge >= 0.3 is 5.97 Å². The van der Waals surface area contributed by atoms with Gasteiger partial charge in [0.1, 0.15) is 5.82 Å². The molecule has 0 saturated carbocycles. The number of aromatic nitrogens is 1. The van der Waals surface area contributed by atoms with E-state index in [4.69, 9.17) is 9.47 Å². The van der Waals surface area contributed by atoms with Crippen LogP contribution in [0.3, 0.4) is 0 Å². The smallest absolute Gasteiger partial charge is 0.343 e. The van der Waals surface area contributed by atoms with Crippen LogP contribution in [0.5, 0.6) is 11.5 Å². The molecule has 7 nitrogen and oxygen atoms in total. The molecule has 2 aromatic carbocycles. The number of amides is 1. The minimum atomic E-state index is -0.637. The number of carbonyl (C=O) groups excluding carboxylic acids is 2. The number of benzene rings is 2. The molecule has 0 aliphatic carbocycles. The van der Waals surface area contributed by atoms with Gasteiger partial charge in [-0.05, 0) is 67.1 Å². The fourth-order valence-electron chi connectivity index (χ4n) is 2.44. The molecule has 1 amide bonds. The van der Waals surface area contributed by atoms with Gasteiger partial charge in [-0.1, -0.05) is 0 Å². The SMILES string of the molecule is CCOc1cc(C=NNC(=O)c2ccncc2)ccc1OC(=O)c1ccc(F)cc1. The van der Waals surface area contributed by atoms with Crippen LogP contribution in [0.2, 0.25) is 0 Å². The van der Waals surface area contributed by atoms with Gasteiger partial charge in [-0.3, -0.25) is 9.78 Å². The van der Waals surface area contributed by atoms with Crippen LogP contribution in [-0.2, 0) is 0 Å². The molecule has 1 heterocycles. The van der Waals surface area contributed by atoms with Gasteiger partial charge in [-0.25, -0.2) is 14.6 Å². The number of halogens is 1. The Kier molecular flexibility index (Phi) is 6.83. The van der Waals surface area contributed by atoms with E-state index in [1.807, 2.05) is 0 Å². The van der Waals surface area contributed by atoms with E-state index in [1.54, 1.807) is 37.3 Å². The quantitative estimate of drug-likeness (QED) is 0.280. The molecule has 0 spiro atoms. The maximum Gasteiger partial charge on any atom is 0.343 e. The zero-order chi connectivity index (χ0) is 21.3. The van der Waals surface area contributed by atoms with Crippen LogP contribution in [0.4, 0.5) is 4.39 Å². The van der Waals surface area contributed by atoms with E-state index in [-0.39, 0.29) is 17.2 Å². The highest BCUT2D eigenvalue weighted by molar-refractivity contribution is 5.95. The molecule has 0 atom stereocenters.